The number of alkyl halides is 1. The van der Waals surface area contributed by atoms with Crippen molar-refractivity contribution in [3.63, 3.8) is 0 Å². The Morgan fingerprint density at radius 2 is 2.15 bits per heavy atom. The van der Waals surface area contributed by atoms with E-state index in [0.29, 0.717) is 12.8 Å². The van der Waals surface area contributed by atoms with Crippen LogP contribution in [0, 0.1) is 0 Å². The van der Waals surface area contributed by atoms with Gasteiger partial charge in [0.15, 0.2) is 0 Å². The summed E-state index contributed by atoms with van der Waals surface area (Å²) < 4.78 is 22.4. The van der Waals surface area contributed by atoms with Crippen LogP contribution in [0.3, 0.4) is 0 Å². The molecule has 3 atom stereocenters. The lowest BCUT2D eigenvalue weighted by Gasteiger charge is -2.30. The fraction of sp³-hybridized carbons (Fsp3) is 0.875. The third-order valence-electron chi connectivity index (χ3n) is 2.16. The van der Waals surface area contributed by atoms with Crippen molar-refractivity contribution in [2.75, 3.05) is 14.2 Å². The van der Waals surface area contributed by atoms with Gasteiger partial charge in [0.1, 0.15) is 18.4 Å². The number of piperidine rings is 1. The highest BCUT2D eigenvalue weighted by atomic mass is 19.1. The molecule has 0 bridgehead atoms. The Kier molecular flexibility index (Phi) is 3.62. The first kappa shape index (κ1) is 10.4. The monoisotopic (exact) mass is 191 g/mol. The van der Waals surface area contributed by atoms with Crippen LogP contribution < -0.4 is 5.32 Å². The van der Waals surface area contributed by atoms with Crippen molar-refractivity contribution >= 4 is 5.97 Å². The van der Waals surface area contributed by atoms with Gasteiger partial charge in [-0.25, -0.2) is 4.39 Å². The number of nitrogens with one attached hydrogen (secondary N) is 1. The second-order valence-electron chi connectivity index (χ2n) is 2.99. The summed E-state index contributed by atoms with van der Waals surface area (Å²) in [6.07, 6.45) is -0.970. The average Bonchev–Trinajstić information content (AvgIpc) is 2.17. The van der Waals surface area contributed by atoms with Gasteiger partial charge in [0, 0.05) is 7.11 Å². The molecule has 1 heterocycles. The van der Waals surface area contributed by atoms with Gasteiger partial charge in [-0.15, -0.1) is 0 Å². The van der Waals surface area contributed by atoms with Crippen molar-refractivity contribution in [2.24, 2.45) is 0 Å². The Morgan fingerprint density at radius 1 is 1.46 bits per heavy atom. The molecule has 0 aromatic rings. The van der Waals surface area contributed by atoms with E-state index in [1.807, 2.05) is 0 Å². The van der Waals surface area contributed by atoms with Gasteiger partial charge >= 0.3 is 5.97 Å². The predicted octanol–water partition coefficient (Wildman–Crippen LogP) is 0.222. The molecule has 0 spiro atoms. The predicted molar refractivity (Wildman–Crippen MR) is 43.9 cm³/mol. The number of methoxy groups -OCH3 is 2. The zero-order chi connectivity index (χ0) is 9.84. The third kappa shape index (κ3) is 2.38. The van der Waals surface area contributed by atoms with Crippen molar-refractivity contribution in [2.45, 2.75) is 31.3 Å². The largest absolute Gasteiger partial charge is 0.468 e. The molecular weight excluding hydrogens is 177 g/mol. The van der Waals surface area contributed by atoms with Crippen molar-refractivity contribution < 1.29 is 18.7 Å². The molecule has 5 heteroatoms. The second-order valence-corrected chi connectivity index (χ2v) is 2.99. The van der Waals surface area contributed by atoms with E-state index in [9.17, 15) is 9.18 Å². The van der Waals surface area contributed by atoms with E-state index < -0.39 is 18.4 Å². The Balaban J connectivity index is 2.49. The van der Waals surface area contributed by atoms with Crippen LogP contribution in [0.5, 0.6) is 0 Å². The maximum atomic E-state index is 13.0. The molecular formula is C8H14FNO3. The number of carbonyl (C=O) groups is 1. The molecule has 76 valence electrons. The van der Waals surface area contributed by atoms with Crippen molar-refractivity contribution in [3.8, 4) is 0 Å². The van der Waals surface area contributed by atoms with Crippen LogP contribution in [0.4, 0.5) is 4.39 Å². The van der Waals surface area contributed by atoms with Crippen LogP contribution in [0.15, 0.2) is 0 Å². The number of hydrogen-bond donors (Lipinski definition) is 1. The Morgan fingerprint density at radius 3 is 2.69 bits per heavy atom. The van der Waals surface area contributed by atoms with Gasteiger partial charge in [-0.2, -0.15) is 0 Å². The summed E-state index contributed by atoms with van der Waals surface area (Å²) in [7, 11) is 2.72. The van der Waals surface area contributed by atoms with E-state index in [4.69, 9.17) is 4.74 Å². The second kappa shape index (κ2) is 4.53. The van der Waals surface area contributed by atoms with Crippen molar-refractivity contribution in [1.82, 2.24) is 5.32 Å². The fourth-order valence-electron chi connectivity index (χ4n) is 1.41. The summed E-state index contributed by atoms with van der Waals surface area (Å²) in [6, 6.07) is -0.443. The maximum Gasteiger partial charge on any atom is 0.322 e. The molecule has 0 aromatic carbocycles. The van der Waals surface area contributed by atoms with E-state index in [-0.39, 0.29) is 5.97 Å². The lowest BCUT2D eigenvalue weighted by atomic mass is 10.0. The first-order valence-corrected chi connectivity index (χ1v) is 4.19. The highest BCUT2D eigenvalue weighted by Crippen LogP contribution is 2.17. The average molecular weight is 191 g/mol. The van der Waals surface area contributed by atoms with E-state index in [1.54, 1.807) is 0 Å². The fourth-order valence-corrected chi connectivity index (χ4v) is 1.41. The molecule has 0 aromatic heterocycles. The molecule has 1 aliphatic rings. The molecule has 13 heavy (non-hydrogen) atoms. The molecule has 3 unspecified atom stereocenters. The van der Waals surface area contributed by atoms with Gasteiger partial charge in [-0.05, 0) is 12.8 Å². The van der Waals surface area contributed by atoms with Crippen LogP contribution in [0.2, 0.25) is 0 Å². The van der Waals surface area contributed by atoms with Gasteiger partial charge in [-0.1, -0.05) is 0 Å². The zero-order valence-electron chi connectivity index (χ0n) is 7.75. The smallest absolute Gasteiger partial charge is 0.322 e. The van der Waals surface area contributed by atoms with Gasteiger partial charge in [-0.3, -0.25) is 10.1 Å². The van der Waals surface area contributed by atoms with E-state index in [0.717, 1.165) is 0 Å². The van der Waals surface area contributed by atoms with Gasteiger partial charge < -0.3 is 9.47 Å². The number of esters is 1. The molecule has 1 N–H and O–H groups in total. The van der Waals surface area contributed by atoms with Crippen molar-refractivity contribution in [3.05, 3.63) is 0 Å². The summed E-state index contributed by atoms with van der Waals surface area (Å²) in [5.41, 5.74) is 0. The minimum atomic E-state index is -1.05. The molecule has 4 nitrogen and oxygen atoms in total. The van der Waals surface area contributed by atoms with E-state index in [1.165, 1.54) is 14.2 Å². The summed E-state index contributed by atoms with van der Waals surface area (Å²) in [5.74, 6) is -0.367. The van der Waals surface area contributed by atoms with Gasteiger partial charge in [0.25, 0.3) is 0 Å². The molecule has 0 aliphatic carbocycles. The number of carbonyl (C=O) groups excluding carboxylic acids is 1. The van der Waals surface area contributed by atoms with Crippen LogP contribution in [-0.4, -0.2) is 38.6 Å². The zero-order valence-corrected chi connectivity index (χ0v) is 7.75. The summed E-state index contributed by atoms with van der Waals surface area (Å²) in [5, 5.41) is 2.73. The highest BCUT2D eigenvalue weighted by molar-refractivity contribution is 5.75. The number of hydrogen-bond acceptors (Lipinski definition) is 4. The van der Waals surface area contributed by atoms with Crippen LogP contribution >= 0.6 is 0 Å². The summed E-state index contributed by atoms with van der Waals surface area (Å²) >= 11 is 0. The molecule has 0 amide bonds. The molecule has 1 saturated heterocycles. The lowest BCUT2D eigenvalue weighted by Crippen LogP contribution is -2.53. The van der Waals surface area contributed by atoms with Crippen LogP contribution in [0.1, 0.15) is 12.8 Å². The quantitative estimate of drug-likeness (QED) is 0.634. The topological polar surface area (TPSA) is 47.6 Å². The number of halogens is 1. The minimum Gasteiger partial charge on any atom is -0.468 e. The summed E-state index contributed by atoms with van der Waals surface area (Å²) in [4.78, 5) is 11.1. The standard InChI is InChI=1S/C8H14FNO3/c1-12-7-5(9)3-4-6(10-7)8(11)13-2/h5-7,10H,3-4H2,1-2H3. The van der Waals surface area contributed by atoms with Crippen LogP contribution in [-0.2, 0) is 14.3 Å². The van der Waals surface area contributed by atoms with Gasteiger partial charge in [0.2, 0.25) is 0 Å². The van der Waals surface area contributed by atoms with E-state index >= 15 is 0 Å². The van der Waals surface area contributed by atoms with Crippen molar-refractivity contribution in [1.29, 1.82) is 0 Å². The lowest BCUT2D eigenvalue weighted by molar-refractivity contribution is -0.147. The number of rotatable bonds is 2. The summed E-state index contributed by atoms with van der Waals surface area (Å²) in [6.45, 7) is 0. The Hall–Kier alpha value is -0.680. The Labute approximate surface area is 76.4 Å². The molecule has 0 saturated carbocycles. The van der Waals surface area contributed by atoms with Gasteiger partial charge in [0.05, 0.1) is 7.11 Å². The first-order chi connectivity index (χ1) is 6.19. The molecule has 1 rings (SSSR count). The Bertz CT molecular complexity index is 188. The van der Waals surface area contributed by atoms with E-state index in [2.05, 4.69) is 10.1 Å². The third-order valence-corrected chi connectivity index (χ3v) is 2.16. The molecule has 1 fully saturated rings. The van der Waals surface area contributed by atoms with Crippen LogP contribution in [0.25, 0.3) is 0 Å². The highest BCUT2D eigenvalue weighted by Gasteiger charge is 2.33. The first-order valence-electron chi connectivity index (χ1n) is 4.19. The maximum absolute atomic E-state index is 13.0. The molecule has 0 radical (unpaired) electrons. The normalized spacial score (nSPS) is 34.2. The minimum absolute atomic E-state index is 0.325. The SMILES string of the molecule is COC(=O)C1CCC(F)C(OC)N1. The molecule has 1 aliphatic heterocycles. The number of ether oxygens (including phenoxy) is 2.